The van der Waals surface area contributed by atoms with E-state index in [2.05, 4.69) is 5.32 Å². The van der Waals surface area contributed by atoms with Crippen molar-refractivity contribution in [1.82, 2.24) is 5.32 Å². The van der Waals surface area contributed by atoms with Gasteiger partial charge in [0.25, 0.3) is 0 Å². The van der Waals surface area contributed by atoms with E-state index in [9.17, 15) is 13.2 Å². The van der Waals surface area contributed by atoms with E-state index in [1.165, 1.54) is 12.1 Å². The SMILES string of the molecule is CNC(Cc1ccsc1)c1cccc(C(F)(F)F)c1. The summed E-state index contributed by atoms with van der Waals surface area (Å²) in [6.07, 6.45) is -3.61. The van der Waals surface area contributed by atoms with Gasteiger partial charge in [0, 0.05) is 6.04 Å². The van der Waals surface area contributed by atoms with Gasteiger partial charge in [-0.3, -0.25) is 0 Å². The van der Waals surface area contributed by atoms with Crippen LogP contribution in [0.25, 0.3) is 0 Å². The lowest BCUT2D eigenvalue weighted by molar-refractivity contribution is -0.137. The second-order valence-corrected chi connectivity index (χ2v) is 5.08. The Bertz CT molecular complexity index is 520. The topological polar surface area (TPSA) is 12.0 Å². The summed E-state index contributed by atoms with van der Waals surface area (Å²) in [7, 11) is 1.76. The number of halogens is 3. The van der Waals surface area contributed by atoms with Crippen LogP contribution in [0.5, 0.6) is 0 Å². The first kappa shape index (κ1) is 14.1. The zero-order valence-electron chi connectivity index (χ0n) is 10.4. The molecule has 102 valence electrons. The highest BCUT2D eigenvalue weighted by atomic mass is 32.1. The minimum atomic E-state index is -4.29. The molecule has 2 rings (SSSR count). The van der Waals surface area contributed by atoms with Crippen molar-refractivity contribution < 1.29 is 13.2 Å². The van der Waals surface area contributed by atoms with Gasteiger partial charge in [-0.25, -0.2) is 0 Å². The zero-order valence-corrected chi connectivity index (χ0v) is 11.2. The predicted molar refractivity (Wildman–Crippen MR) is 71.3 cm³/mol. The van der Waals surface area contributed by atoms with Gasteiger partial charge in [-0.1, -0.05) is 12.1 Å². The van der Waals surface area contributed by atoms with E-state index in [4.69, 9.17) is 0 Å². The highest BCUT2D eigenvalue weighted by Gasteiger charge is 2.30. The molecular weight excluding hydrogens is 271 g/mol. The van der Waals surface area contributed by atoms with Gasteiger partial charge in [-0.15, -0.1) is 0 Å². The van der Waals surface area contributed by atoms with Crippen molar-refractivity contribution in [3.05, 3.63) is 57.8 Å². The van der Waals surface area contributed by atoms with E-state index in [-0.39, 0.29) is 6.04 Å². The molecule has 1 N–H and O–H groups in total. The van der Waals surface area contributed by atoms with Gasteiger partial charge in [0.15, 0.2) is 0 Å². The van der Waals surface area contributed by atoms with Crippen LogP contribution in [-0.4, -0.2) is 7.05 Å². The van der Waals surface area contributed by atoms with Crippen molar-refractivity contribution >= 4 is 11.3 Å². The van der Waals surface area contributed by atoms with Crippen molar-refractivity contribution in [3.63, 3.8) is 0 Å². The summed E-state index contributed by atoms with van der Waals surface area (Å²) in [5, 5.41) is 7.05. The van der Waals surface area contributed by atoms with E-state index in [0.717, 1.165) is 11.6 Å². The van der Waals surface area contributed by atoms with Crippen LogP contribution in [0.1, 0.15) is 22.7 Å². The van der Waals surface area contributed by atoms with Gasteiger partial charge in [0.2, 0.25) is 0 Å². The fraction of sp³-hybridized carbons (Fsp3) is 0.286. The van der Waals surface area contributed by atoms with Crippen LogP contribution in [0.15, 0.2) is 41.1 Å². The molecular formula is C14H14F3NS. The van der Waals surface area contributed by atoms with Gasteiger partial charge < -0.3 is 5.32 Å². The van der Waals surface area contributed by atoms with Gasteiger partial charge in [-0.2, -0.15) is 24.5 Å². The van der Waals surface area contributed by atoms with Gasteiger partial charge >= 0.3 is 6.18 Å². The van der Waals surface area contributed by atoms with E-state index in [1.807, 2.05) is 16.8 Å². The monoisotopic (exact) mass is 285 g/mol. The molecule has 0 amide bonds. The number of nitrogens with one attached hydrogen (secondary N) is 1. The Morgan fingerprint density at radius 1 is 1.26 bits per heavy atom. The normalized spacial score (nSPS) is 13.5. The summed E-state index contributed by atoms with van der Waals surface area (Å²) in [5.41, 5.74) is 1.18. The lowest BCUT2D eigenvalue weighted by Gasteiger charge is -2.17. The third kappa shape index (κ3) is 3.58. The Morgan fingerprint density at radius 3 is 2.63 bits per heavy atom. The van der Waals surface area contributed by atoms with Gasteiger partial charge in [0.1, 0.15) is 0 Å². The average Bonchev–Trinajstić information content (AvgIpc) is 2.88. The molecule has 0 bridgehead atoms. The number of benzene rings is 1. The number of hydrogen-bond donors (Lipinski definition) is 1. The van der Waals surface area contributed by atoms with Crippen molar-refractivity contribution in [2.24, 2.45) is 0 Å². The van der Waals surface area contributed by atoms with Gasteiger partial charge in [-0.05, 0) is 53.6 Å². The van der Waals surface area contributed by atoms with Crippen LogP contribution >= 0.6 is 11.3 Å². The Morgan fingerprint density at radius 2 is 2.05 bits per heavy atom. The smallest absolute Gasteiger partial charge is 0.313 e. The van der Waals surface area contributed by atoms with E-state index >= 15 is 0 Å². The molecule has 1 unspecified atom stereocenters. The Hall–Kier alpha value is -1.33. The molecule has 19 heavy (non-hydrogen) atoms. The third-order valence-electron chi connectivity index (χ3n) is 2.98. The summed E-state index contributed by atoms with van der Waals surface area (Å²) in [6, 6.07) is 7.37. The summed E-state index contributed by atoms with van der Waals surface area (Å²) >= 11 is 1.59. The fourth-order valence-electron chi connectivity index (χ4n) is 1.96. The Balaban J connectivity index is 2.23. The first-order chi connectivity index (χ1) is 9.00. The zero-order chi connectivity index (χ0) is 13.9. The first-order valence-electron chi connectivity index (χ1n) is 5.86. The molecule has 1 heterocycles. The molecule has 1 atom stereocenters. The molecule has 0 saturated carbocycles. The summed E-state index contributed by atoms with van der Waals surface area (Å²) < 4.78 is 38.1. The molecule has 0 aliphatic rings. The lowest BCUT2D eigenvalue weighted by atomic mass is 9.99. The Kier molecular flexibility index (Phi) is 4.27. The summed E-state index contributed by atoms with van der Waals surface area (Å²) in [6.45, 7) is 0. The minimum Gasteiger partial charge on any atom is -0.313 e. The van der Waals surface area contributed by atoms with E-state index < -0.39 is 11.7 Å². The molecule has 0 spiro atoms. The molecule has 1 aromatic heterocycles. The molecule has 0 radical (unpaired) electrons. The minimum absolute atomic E-state index is 0.114. The second-order valence-electron chi connectivity index (χ2n) is 4.30. The molecule has 0 fully saturated rings. The van der Waals surface area contributed by atoms with Crippen LogP contribution in [0.2, 0.25) is 0 Å². The highest BCUT2D eigenvalue weighted by molar-refractivity contribution is 7.07. The maximum Gasteiger partial charge on any atom is 0.416 e. The Labute approximate surface area is 114 Å². The molecule has 0 aliphatic carbocycles. The largest absolute Gasteiger partial charge is 0.416 e. The van der Waals surface area contributed by atoms with E-state index in [0.29, 0.717) is 12.0 Å². The van der Waals surface area contributed by atoms with Crippen molar-refractivity contribution in [2.45, 2.75) is 18.6 Å². The fourth-order valence-corrected chi connectivity index (χ4v) is 2.64. The maximum absolute atomic E-state index is 12.7. The second kappa shape index (κ2) is 5.75. The predicted octanol–water partition coefficient (Wildman–Crippen LogP) is 4.27. The maximum atomic E-state index is 12.7. The summed E-state index contributed by atoms with van der Waals surface area (Å²) in [5.74, 6) is 0. The van der Waals surface area contributed by atoms with Crippen LogP contribution in [0.4, 0.5) is 13.2 Å². The van der Waals surface area contributed by atoms with Crippen molar-refractivity contribution in [3.8, 4) is 0 Å². The van der Waals surface area contributed by atoms with Crippen molar-refractivity contribution in [1.29, 1.82) is 0 Å². The molecule has 1 nitrogen and oxygen atoms in total. The van der Waals surface area contributed by atoms with Crippen molar-refractivity contribution in [2.75, 3.05) is 7.05 Å². The summed E-state index contributed by atoms with van der Waals surface area (Å²) in [4.78, 5) is 0. The molecule has 5 heteroatoms. The quantitative estimate of drug-likeness (QED) is 0.884. The van der Waals surface area contributed by atoms with Crippen LogP contribution in [0.3, 0.4) is 0 Å². The molecule has 1 aromatic carbocycles. The van der Waals surface area contributed by atoms with E-state index in [1.54, 1.807) is 24.5 Å². The van der Waals surface area contributed by atoms with Crippen LogP contribution in [-0.2, 0) is 12.6 Å². The van der Waals surface area contributed by atoms with Crippen LogP contribution < -0.4 is 5.32 Å². The number of thiophene rings is 1. The number of likely N-dealkylation sites (N-methyl/N-ethyl adjacent to an activating group) is 1. The third-order valence-corrected chi connectivity index (χ3v) is 3.72. The number of rotatable bonds is 4. The average molecular weight is 285 g/mol. The highest BCUT2D eigenvalue weighted by Crippen LogP contribution is 2.31. The molecule has 2 aromatic rings. The van der Waals surface area contributed by atoms with Gasteiger partial charge in [0.05, 0.1) is 5.56 Å². The lowest BCUT2D eigenvalue weighted by Crippen LogP contribution is -2.19. The molecule has 0 aliphatic heterocycles. The van der Waals surface area contributed by atoms with Crippen LogP contribution in [0, 0.1) is 0 Å². The first-order valence-corrected chi connectivity index (χ1v) is 6.80. The standard InChI is InChI=1S/C14H14F3NS/c1-18-13(7-10-5-6-19-9-10)11-3-2-4-12(8-11)14(15,16)17/h2-6,8-9,13,18H,7H2,1H3. The number of alkyl halides is 3. The number of hydrogen-bond acceptors (Lipinski definition) is 2. The molecule has 0 saturated heterocycles.